The molecule has 31 heavy (non-hydrogen) atoms. The Labute approximate surface area is 195 Å². The molecule has 1 heterocycles. The van der Waals surface area contributed by atoms with Gasteiger partial charge in [-0.3, -0.25) is 0 Å². The van der Waals surface area contributed by atoms with Crippen LogP contribution in [0.5, 0.6) is 0 Å². The number of carbonyl (C=O) groups excluding carboxylic acids is 1. The molecule has 3 heteroatoms. The summed E-state index contributed by atoms with van der Waals surface area (Å²) < 4.78 is 0. The fourth-order valence-electron chi connectivity index (χ4n) is 4.69. The first-order valence-electron chi connectivity index (χ1n) is 13.9. The van der Waals surface area contributed by atoms with Crippen LogP contribution in [0.15, 0.2) is 0 Å². The van der Waals surface area contributed by atoms with Gasteiger partial charge in [-0.25, -0.2) is 0 Å². The summed E-state index contributed by atoms with van der Waals surface area (Å²) in [6.07, 6.45) is 28.1. The number of carbonyl (C=O) groups is 1. The molecule has 1 fully saturated rings. The van der Waals surface area contributed by atoms with Crippen molar-refractivity contribution in [2.75, 3.05) is 19.7 Å². The van der Waals surface area contributed by atoms with Gasteiger partial charge in [0.1, 0.15) is 5.78 Å². The molecule has 0 bridgehead atoms. The van der Waals surface area contributed by atoms with Crippen molar-refractivity contribution in [3.63, 3.8) is 0 Å². The second-order valence-corrected chi connectivity index (χ2v) is 9.91. The van der Waals surface area contributed by atoms with E-state index >= 15 is 0 Å². The third-order valence-corrected chi connectivity index (χ3v) is 6.51. The Hall–Kier alpha value is -0.410. The van der Waals surface area contributed by atoms with Gasteiger partial charge in [0.25, 0.3) is 0 Å². The number of hydrogen-bond acceptors (Lipinski definition) is 3. The average molecular weight is 440 g/mol. The number of rotatable bonds is 19. The summed E-state index contributed by atoms with van der Waals surface area (Å²) >= 11 is 0. The second kappa shape index (κ2) is 24.2. The molecule has 1 rings (SSSR count). The van der Waals surface area contributed by atoms with Gasteiger partial charge in [0, 0.05) is 12.6 Å². The number of ketones is 1. The first-order valence-corrected chi connectivity index (χ1v) is 13.9. The summed E-state index contributed by atoms with van der Waals surface area (Å²) in [5.41, 5.74) is 0. The van der Waals surface area contributed by atoms with Gasteiger partial charge in [-0.2, -0.15) is 0 Å². The number of likely N-dealkylation sites (tertiary alicyclic amines) is 1. The van der Waals surface area contributed by atoms with Crippen molar-refractivity contribution >= 4 is 5.78 Å². The number of aliphatic hydroxyl groups is 1. The van der Waals surface area contributed by atoms with Gasteiger partial charge >= 0.3 is 0 Å². The van der Waals surface area contributed by atoms with E-state index in [1.54, 1.807) is 0 Å². The number of piperidine rings is 1. The fraction of sp³-hybridized carbons (Fsp3) is 0.964. The summed E-state index contributed by atoms with van der Waals surface area (Å²) in [7, 11) is 0. The van der Waals surface area contributed by atoms with E-state index in [1.165, 1.54) is 149 Å². The number of hydrogen-bond donors (Lipinski definition) is 1. The molecule has 0 aromatic heterocycles. The van der Waals surface area contributed by atoms with Crippen LogP contribution < -0.4 is 0 Å². The SMILES string of the molecule is CC(C)=O.CCCCCCCCCCCCCCCCCCN1CCCCC1CCO. The molecule has 1 unspecified atom stereocenters. The molecule has 0 aliphatic carbocycles. The first kappa shape index (κ1) is 30.6. The van der Waals surface area contributed by atoms with Crippen LogP contribution in [-0.4, -0.2) is 41.5 Å². The zero-order chi connectivity index (χ0) is 23.0. The molecular weight excluding hydrogens is 382 g/mol. The zero-order valence-electron chi connectivity index (χ0n) is 21.6. The minimum absolute atomic E-state index is 0.167. The number of aliphatic hydroxyl groups excluding tert-OH is 1. The summed E-state index contributed by atoms with van der Waals surface area (Å²) in [6.45, 7) is 8.25. The fourth-order valence-corrected chi connectivity index (χ4v) is 4.69. The third kappa shape index (κ3) is 22.6. The maximum atomic E-state index is 9.44. The van der Waals surface area contributed by atoms with E-state index in [0.29, 0.717) is 12.6 Å². The van der Waals surface area contributed by atoms with Crippen LogP contribution >= 0.6 is 0 Å². The quantitative estimate of drug-likeness (QED) is 0.207. The summed E-state index contributed by atoms with van der Waals surface area (Å²) in [5.74, 6) is 0.167. The van der Waals surface area contributed by atoms with E-state index in [1.807, 2.05) is 0 Å². The van der Waals surface area contributed by atoms with Gasteiger partial charge in [-0.1, -0.05) is 110 Å². The highest BCUT2D eigenvalue weighted by Crippen LogP contribution is 2.20. The maximum absolute atomic E-state index is 9.44. The average Bonchev–Trinajstić information content (AvgIpc) is 2.74. The van der Waals surface area contributed by atoms with Crippen molar-refractivity contribution in [1.29, 1.82) is 0 Å². The molecule has 1 N–H and O–H groups in total. The first-order chi connectivity index (χ1) is 15.1. The molecule has 0 spiro atoms. The van der Waals surface area contributed by atoms with Crippen molar-refractivity contribution in [3.8, 4) is 0 Å². The normalized spacial score (nSPS) is 16.7. The van der Waals surface area contributed by atoms with Gasteiger partial charge in [-0.05, 0) is 52.6 Å². The van der Waals surface area contributed by atoms with Crippen LogP contribution in [0.2, 0.25) is 0 Å². The van der Waals surface area contributed by atoms with Gasteiger partial charge in [0.2, 0.25) is 0 Å². The molecule has 3 nitrogen and oxygen atoms in total. The predicted molar refractivity (Wildman–Crippen MR) is 137 cm³/mol. The van der Waals surface area contributed by atoms with Crippen LogP contribution in [0.25, 0.3) is 0 Å². The van der Waals surface area contributed by atoms with Crippen LogP contribution in [0.3, 0.4) is 0 Å². The Balaban J connectivity index is 0.00000206. The number of nitrogens with zero attached hydrogens (tertiary/aromatic N) is 1. The van der Waals surface area contributed by atoms with E-state index in [9.17, 15) is 9.90 Å². The van der Waals surface area contributed by atoms with Gasteiger partial charge in [0.15, 0.2) is 0 Å². The molecule has 0 aromatic rings. The molecule has 0 amide bonds. The van der Waals surface area contributed by atoms with Crippen LogP contribution in [0.1, 0.15) is 149 Å². The van der Waals surface area contributed by atoms with Crippen molar-refractivity contribution in [2.24, 2.45) is 0 Å². The zero-order valence-corrected chi connectivity index (χ0v) is 21.6. The molecule has 0 radical (unpaired) electrons. The van der Waals surface area contributed by atoms with Gasteiger partial charge in [-0.15, -0.1) is 0 Å². The summed E-state index contributed by atoms with van der Waals surface area (Å²) in [5, 5.41) is 9.22. The molecule has 1 atom stereocenters. The van der Waals surface area contributed by atoms with E-state index in [-0.39, 0.29) is 5.78 Å². The number of unbranched alkanes of at least 4 members (excludes halogenated alkanes) is 15. The van der Waals surface area contributed by atoms with Gasteiger partial charge in [0.05, 0.1) is 0 Å². The van der Waals surface area contributed by atoms with Crippen molar-refractivity contribution in [1.82, 2.24) is 4.90 Å². The lowest BCUT2D eigenvalue weighted by Crippen LogP contribution is -2.40. The second-order valence-electron chi connectivity index (χ2n) is 9.91. The van der Waals surface area contributed by atoms with Crippen molar-refractivity contribution < 1.29 is 9.90 Å². The Morgan fingerprint density at radius 3 is 1.58 bits per heavy atom. The van der Waals surface area contributed by atoms with E-state index in [4.69, 9.17) is 0 Å². The minimum Gasteiger partial charge on any atom is -0.396 e. The van der Waals surface area contributed by atoms with Crippen LogP contribution in [-0.2, 0) is 4.79 Å². The summed E-state index contributed by atoms with van der Waals surface area (Å²) in [4.78, 5) is 12.1. The monoisotopic (exact) mass is 439 g/mol. The van der Waals surface area contributed by atoms with Crippen molar-refractivity contribution in [3.05, 3.63) is 0 Å². The van der Waals surface area contributed by atoms with E-state index in [2.05, 4.69) is 11.8 Å². The van der Waals surface area contributed by atoms with Gasteiger partial charge < -0.3 is 14.8 Å². The van der Waals surface area contributed by atoms with E-state index in [0.717, 1.165) is 6.42 Å². The van der Waals surface area contributed by atoms with Crippen molar-refractivity contribution in [2.45, 2.75) is 155 Å². The lowest BCUT2D eigenvalue weighted by atomic mass is 9.99. The van der Waals surface area contributed by atoms with Crippen LogP contribution in [0.4, 0.5) is 0 Å². The Kier molecular flexibility index (Phi) is 23.9. The van der Waals surface area contributed by atoms with E-state index < -0.39 is 0 Å². The predicted octanol–water partition coefficient (Wildman–Crippen LogP) is 8.08. The highest BCUT2D eigenvalue weighted by atomic mass is 16.3. The van der Waals surface area contributed by atoms with Crippen LogP contribution in [0, 0.1) is 0 Å². The number of Topliss-reactive ketones (excluding diaryl/α,β-unsaturated/α-hetero) is 1. The third-order valence-electron chi connectivity index (χ3n) is 6.51. The molecule has 0 aromatic carbocycles. The highest BCUT2D eigenvalue weighted by molar-refractivity contribution is 5.72. The Morgan fingerprint density at radius 1 is 0.742 bits per heavy atom. The molecular formula is C28H57NO2. The largest absolute Gasteiger partial charge is 0.396 e. The smallest absolute Gasteiger partial charge is 0.126 e. The highest BCUT2D eigenvalue weighted by Gasteiger charge is 2.20. The standard InChI is InChI=1S/C25H51NO.C3H6O/c1-2-3-4-5-6-7-8-9-10-11-12-13-14-15-16-18-22-26-23-19-17-20-25(26)21-24-27;1-3(2)4/h25,27H,2-24H2,1H3;1-2H3. The molecule has 1 aliphatic heterocycles. The topological polar surface area (TPSA) is 40.5 Å². The Morgan fingerprint density at radius 2 is 1.16 bits per heavy atom. The molecule has 0 saturated carbocycles. The lowest BCUT2D eigenvalue weighted by Gasteiger charge is -2.35. The molecule has 1 aliphatic rings. The Bertz CT molecular complexity index is 366. The minimum atomic E-state index is 0.167. The maximum Gasteiger partial charge on any atom is 0.126 e. The lowest BCUT2D eigenvalue weighted by molar-refractivity contribution is -0.114. The summed E-state index contributed by atoms with van der Waals surface area (Å²) in [6, 6.07) is 0.667. The molecule has 186 valence electrons. The molecule has 1 saturated heterocycles.